The zero-order valence-electron chi connectivity index (χ0n) is 10.6. The molecule has 0 aliphatic carbocycles. The minimum Gasteiger partial charge on any atom is -0.465 e. The molecule has 7 nitrogen and oxygen atoms in total. The van der Waals surface area contributed by atoms with Crippen molar-refractivity contribution in [3.05, 3.63) is 6.33 Å². The quantitative estimate of drug-likeness (QED) is 0.624. The lowest BCUT2D eigenvalue weighted by atomic mass is 9.88. The van der Waals surface area contributed by atoms with E-state index < -0.39 is 17.8 Å². The molecule has 1 aliphatic rings. The van der Waals surface area contributed by atoms with Crippen molar-refractivity contribution in [1.82, 2.24) is 14.8 Å². The third-order valence-corrected chi connectivity index (χ3v) is 2.94. The molecule has 1 aromatic rings. The Labute approximate surface area is 105 Å². The lowest BCUT2D eigenvalue weighted by Crippen LogP contribution is -2.50. The minimum atomic E-state index is -0.876. The maximum atomic E-state index is 12.2. The molecule has 2 rings (SSSR count). The molecule has 7 heteroatoms. The molecule has 1 aliphatic heterocycles. The van der Waals surface area contributed by atoms with Crippen LogP contribution >= 0.6 is 0 Å². The first-order valence-corrected chi connectivity index (χ1v) is 5.93. The number of nitrogens with zero attached hydrogens (tertiary/aromatic N) is 3. The summed E-state index contributed by atoms with van der Waals surface area (Å²) in [5.41, 5.74) is 0. The molecule has 0 unspecified atom stereocenters. The number of rotatable bonds is 3. The van der Waals surface area contributed by atoms with E-state index in [0.29, 0.717) is 5.95 Å². The molecule has 0 radical (unpaired) electrons. The summed E-state index contributed by atoms with van der Waals surface area (Å²) in [7, 11) is 0. The van der Waals surface area contributed by atoms with E-state index in [4.69, 9.17) is 4.74 Å². The fraction of sp³-hybridized carbons (Fsp3) is 0.636. The summed E-state index contributed by atoms with van der Waals surface area (Å²) in [4.78, 5) is 28.1. The molecule has 98 valence electrons. The molecule has 0 saturated heterocycles. The maximum absolute atomic E-state index is 12.2. The molecular weight excluding hydrogens is 236 g/mol. The molecule has 0 aromatic carbocycles. The number of hydrogen-bond acceptors (Lipinski definition) is 6. The number of esters is 1. The van der Waals surface area contributed by atoms with Crippen LogP contribution in [0.3, 0.4) is 0 Å². The summed E-state index contributed by atoms with van der Waals surface area (Å²) in [6.07, 6.45) is 1.28. The highest BCUT2D eigenvalue weighted by Gasteiger charge is 2.43. The summed E-state index contributed by atoms with van der Waals surface area (Å²) < 4.78 is 6.07. The summed E-state index contributed by atoms with van der Waals surface area (Å²) >= 11 is 0. The zero-order valence-corrected chi connectivity index (χ0v) is 10.6. The van der Waals surface area contributed by atoms with Gasteiger partial charge in [-0.2, -0.15) is 14.8 Å². The van der Waals surface area contributed by atoms with Gasteiger partial charge in [0.05, 0.1) is 12.6 Å². The van der Waals surface area contributed by atoms with Crippen molar-refractivity contribution in [2.75, 3.05) is 11.9 Å². The Morgan fingerprint density at radius 1 is 1.61 bits per heavy atom. The van der Waals surface area contributed by atoms with Crippen LogP contribution in [-0.2, 0) is 9.53 Å². The Kier molecular flexibility index (Phi) is 3.31. The first-order chi connectivity index (χ1) is 8.56. The Morgan fingerprint density at radius 2 is 2.33 bits per heavy atom. The average molecular weight is 252 g/mol. The van der Waals surface area contributed by atoms with Crippen LogP contribution in [0.5, 0.6) is 0 Å². The van der Waals surface area contributed by atoms with Crippen LogP contribution in [0.15, 0.2) is 6.33 Å². The highest BCUT2D eigenvalue weighted by atomic mass is 16.5. The monoisotopic (exact) mass is 252 g/mol. The molecule has 2 heterocycles. The molecule has 0 amide bonds. The fourth-order valence-electron chi connectivity index (χ4n) is 2.05. The van der Waals surface area contributed by atoms with Crippen LogP contribution in [0.25, 0.3) is 0 Å². The van der Waals surface area contributed by atoms with E-state index in [0.717, 1.165) is 4.68 Å². The number of ether oxygens (including phenoxy) is 1. The topological polar surface area (TPSA) is 86.1 Å². The van der Waals surface area contributed by atoms with Gasteiger partial charge in [0.2, 0.25) is 5.95 Å². The SMILES string of the molecule is CCOC(=O)[C@@H]1C(=O)n2ncnc2N[C@@H]1C(C)C. The number of fused-ring (bicyclic) bond motifs is 1. The number of carbonyl (C=O) groups is 2. The Morgan fingerprint density at radius 3 is 2.94 bits per heavy atom. The van der Waals surface area contributed by atoms with Crippen molar-refractivity contribution in [3.8, 4) is 0 Å². The van der Waals surface area contributed by atoms with Crippen LogP contribution in [0.1, 0.15) is 25.6 Å². The van der Waals surface area contributed by atoms with Crippen molar-refractivity contribution in [2.24, 2.45) is 11.8 Å². The molecule has 2 atom stereocenters. The van der Waals surface area contributed by atoms with E-state index >= 15 is 0 Å². The molecule has 18 heavy (non-hydrogen) atoms. The molecular formula is C11H16N4O3. The van der Waals surface area contributed by atoms with Gasteiger partial charge >= 0.3 is 5.97 Å². The highest BCUT2D eigenvalue weighted by molar-refractivity contribution is 6.02. The van der Waals surface area contributed by atoms with E-state index in [1.807, 2.05) is 13.8 Å². The molecule has 1 N–H and O–H groups in total. The van der Waals surface area contributed by atoms with Crippen LogP contribution in [0.4, 0.5) is 5.95 Å². The van der Waals surface area contributed by atoms with E-state index in [9.17, 15) is 9.59 Å². The Balaban J connectivity index is 2.36. The largest absolute Gasteiger partial charge is 0.465 e. The number of anilines is 1. The normalized spacial score (nSPS) is 22.6. The first kappa shape index (κ1) is 12.5. The van der Waals surface area contributed by atoms with Gasteiger partial charge in [0, 0.05) is 0 Å². The summed E-state index contributed by atoms with van der Waals surface area (Å²) in [5, 5.41) is 6.87. The first-order valence-electron chi connectivity index (χ1n) is 5.93. The summed E-state index contributed by atoms with van der Waals surface area (Å²) in [5.74, 6) is -1.32. The van der Waals surface area contributed by atoms with Crippen molar-refractivity contribution in [3.63, 3.8) is 0 Å². The van der Waals surface area contributed by atoms with Crippen LogP contribution < -0.4 is 5.32 Å². The third kappa shape index (κ3) is 1.96. The van der Waals surface area contributed by atoms with Crippen molar-refractivity contribution >= 4 is 17.8 Å². The van der Waals surface area contributed by atoms with E-state index in [2.05, 4.69) is 15.4 Å². The van der Waals surface area contributed by atoms with Crippen molar-refractivity contribution in [1.29, 1.82) is 0 Å². The van der Waals surface area contributed by atoms with Gasteiger partial charge in [-0.25, -0.2) is 0 Å². The van der Waals surface area contributed by atoms with Crippen LogP contribution in [0, 0.1) is 11.8 Å². The number of hydrogen-bond donors (Lipinski definition) is 1. The van der Waals surface area contributed by atoms with Gasteiger partial charge in [-0.1, -0.05) is 13.8 Å². The molecule has 0 saturated carbocycles. The second kappa shape index (κ2) is 4.75. The molecule has 0 spiro atoms. The van der Waals surface area contributed by atoms with Crippen LogP contribution in [-0.4, -0.2) is 39.3 Å². The van der Waals surface area contributed by atoms with Gasteiger partial charge in [0.1, 0.15) is 6.33 Å². The van der Waals surface area contributed by atoms with E-state index in [-0.39, 0.29) is 18.6 Å². The third-order valence-electron chi connectivity index (χ3n) is 2.94. The second-order valence-electron chi connectivity index (χ2n) is 4.48. The maximum Gasteiger partial charge on any atom is 0.320 e. The van der Waals surface area contributed by atoms with Gasteiger partial charge in [-0.05, 0) is 12.8 Å². The fourth-order valence-corrected chi connectivity index (χ4v) is 2.05. The predicted molar refractivity (Wildman–Crippen MR) is 63.0 cm³/mol. The number of nitrogens with one attached hydrogen (secondary N) is 1. The number of carbonyl (C=O) groups excluding carboxylic acids is 2. The summed E-state index contributed by atoms with van der Waals surface area (Å²) in [6, 6.07) is -0.326. The van der Waals surface area contributed by atoms with Crippen molar-refractivity contribution < 1.29 is 14.3 Å². The average Bonchev–Trinajstić information content (AvgIpc) is 2.77. The lowest BCUT2D eigenvalue weighted by Gasteiger charge is -2.32. The van der Waals surface area contributed by atoms with Gasteiger partial charge in [-0.15, -0.1) is 0 Å². The van der Waals surface area contributed by atoms with Gasteiger partial charge in [0.15, 0.2) is 5.92 Å². The van der Waals surface area contributed by atoms with E-state index in [1.54, 1.807) is 6.92 Å². The second-order valence-corrected chi connectivity index (χ2v) is 4.48. The van der Waals surface area contributed by atoms with Crippen LogP contribution in [0.2, 0.25) is 0 Å². The van der Waals surface area contributed by atoms with E-state index in [1.165, 1.54) is 6.33 Å². The minimum absolute atomic E-state index is 0.0915. The van der Waals surface area contributed by atoms with Crippen molar-refractivity contribution in [2.45, 2.75) is 26.8 Å². The van der Waals surface area contributed by atoms with Gasteiger partial charge in [-0.3, -0.25) is 9.59 Å². The standard InChI is InChI=1S/C11H16N4O3/c1-4-18-10(17)7-8(6(2)3)14-11-12-5-13-15(11)9(7)16/h5-8H,4H2,1-3H3,(H,12,13,14)/t7-,8+/m0/s1. The molecule has 0 bridgehead atoms. The molecule has 1 aromatic heterocycles. The Hall–Kier alpha value is -1.92. The lowest BCUT2D eigenvalue weighted by molar-refractivity contribution is -0.147. The number of aromatic nitrogens is 3. The Bertz CT molecular complexity index is 469. The highest BCUT2D eigenvalue weighted by Crippen LogP contribution is 2.25. The smallest absolute Gasteiger partial charge is 0.320 e. The molecule has 0 fully saturated rings. The predicted octanol–water partition coefficient (Wildman–Crippen LogP) is 0.548. The zero-order chi connectivity index (χ0) is 13.3. The van der Waals surface area contributed by atoms with Gasteiger partial charge in [0.25, 0.3) is 5.91 Å². The summed E-state index contributed by atoms with van der Waals surface area (Å²) in [6.45, 7) is 5.83. The van der Waals surface area contributed by atoms with Gasteiger partial charge < -0.3 is 10.1 Å².